The molecule has 106 valence electrons. The molecule has 1 fully saturated rings. The maximum atomic E-state index is 12.3. The average Bonchev–Trinajstić information content (AvgIpc) is 3.07. The van der Waals surface area contributed by atoms with Gasteiger partial charge in [0, 0.05) is 12.2 Å². The highest BCUT2D eigenvalue weighted by molar-refractivity contribution is 7.89. The molecule has 6 nitrogen and oxygen atoms in total. The third-order valence-electron chi connectivity index (χ3n) is 3.10. The first-order valence-corrected chi connectivity index (χ1v) is 7.96. The number of rotatable bonds is 6. The van der Waals surface area contributed by atoms with E-state index in [1.54, 1.807) is 30.7 Å². The third-order valence-corrected chi connectivity index (χ3v) is 4.68. The Morgan fingerprint density at radius 2 is 2.10 bits per heavy atom. The van der Waals surface area contributed by atoms with Gasteiger partial charge in [-0.1, -0.05) is 12.1 Å². The summed E-state index contributed by atoms with van der Waals surface area (Å²) in [7, 11) is -3.46. The Kier molecular flexibility index (Phi) is 3.45. The van der Waals surface area contributed by atoms with Gasteiger partial charge in [-0.05, 0) is 25.0 Å². The maximum Gasteiger partial charge on any atom is 0.242 e. The number of anilines is 1. The van der Waals surface area contributed by atoms with E-state index in [1.807, 2.05) is 6.07 Å². The lowest BCUT2D eigenvalue weighted by molar-refractivity contribution is 0.581. The molecule has 1 aromatic heterocycles. The number of aromatic amines is 1. The second-order valence-electron chi connectivity index (χ2n) is 4.82. The normalized spacial score (nSPS) is 15.2. The van der Waals surface area contributed by atoms with Crippen molar-refractivity contribution in [2.75, 3.05) is 5.32 Å². The van der Waals surface area contributed by atoms with Crippen LogP contribution in [0.15, 0.2) is 41.7 Å². The zero-order valence-corrected chi connectivity index (χ0v) is 11.7. The molecule has 1 aliphatic carbocycles. The predicted molar refractivity (Wildman–Crippen MR) is 75.7 cm³/mol. The molecule has 0 amide bonds. The van der Waals surface area contributed by atoms with Crippen molar-refractivity contribution in [1.29, 1.82) is 0 Å². The molecule has 1 aromatic carbocycles. The second-order valence-corrected chi connectivity index (χ2v) is 6.50. The number of imidazole rings is 1. The van der Waals surface area contributed by atoms with Crippen LogP contribution in [0, 0.1) is 0 Å². The van der Waals surface area contributed by atoms with Crippen molar-refractivity contribution in [1.82, 2.24) is 14.7 Å². The summed E-state index contributed by atoms with van der Waals surface area (Å²) in [5.41, 5.74) is 1.49. The van der Waals surface area contributed by atoms with Gasteiger partial charge in [-0.3, -0.25) is 0 Å². The van der Waals surface area contributed by atoms with Gasteiger partial charge in [-0.25, -0.2) is 18.1 Å². The summed E-state index contributed by atoms with van der Waals surface area (Å²) in [4.78, 5) is 7.18. The Labute approximate surface area is 117 Å². The zero-order valence-electron chi connectivity index (χ0n) is 10.8. The summed E-state index contributed by atoms with van der Waals surface area (Å²) in [6.45, 7) is 0.496. The van der Waals surface area contributed by atoms with Gasteiger partial charge < -0.3 is 10.3 Å². The number of sulfonamides is 1. The lowest BCUT2D eigenvalue weighted by atomic mass is 10.3. The smallest absolute Gasteiger partial charge is 0.242 e. The Morgan fingerprint density at radius 3 is 2.80 bits per heavy atom. The lowest BCUT2D eigenvalue weighted by Crippen LogP contribution is -2.26. The molecule has 20 heavy (non-hydrogen) atoms. The van der Waals surface area contributed by atoms with E-state index in [4.69, 9.17) is 0 Å². The molecule has 0 bridgehead atoms. The highest BCUT2D eigenvalue weighted by atomic mass is 32.2. The van der Waals surface area contributed by atoms with Gasteiger partial charge >= 0.3 is 0 Å². The molecule has 2 aromatic rings. The fraction of sp³-hybridized carbons (Fsp3) is 0.308. The fourth-order valence-electron chi connectivity index (χ4n) is 1.90. The highest BCUT2D eigenvalue weighted by Crippen LogP contribution is 2.26. The Morgan fingerprint density at radius 1 is 1.30 bits per heavy atom. The van der Waals surface area contributed by atoms with E-state index in [2.05, 4.69) is 20.0 Å². The van der Waals surface area contributed by atoms with Crippen LogP contribution in [0.5, 0.6) is 0 Å². The molecule has 0 saturated heterocycles. The molecule has 0 radical (unpaired) electrons. The first kappa shape index (κ1) is 13.1. The van der Waals surface area contributed by atoms with Crippen molar-refractivity contribution in [2.45, 2.75) is 30.3 Å². The largest absolute Gasteiger partial charge is 0.378 e. The van der Waals surface area contributed by atoms with E-state index >= 15 is 0 Å². The van der Waals surface area contributed by atoms with Crippen molar-refractivity contribution in [2.24, 2.45) is 0 Å². The molecule has 0 spiro atoms. The number of hydrogen-bond donors (Lipinski definition) is 3. The predicted octanol–water partition coefficient (Wildman–Crippen LogP) is 1.46. The molecular weight excluding hydrogens is 276 g/mol. The van der Waals surface area contributed by atoms with Crippen LogP contribution in [0.4, 0.5) is 5.69 Å². The van der Waals surface area contributed by atoms with Crippen molar-refractivity contribution in [3.8, 4) is 0 Å². The van der Waals surface area contributed by atoms with Gasteiger partial charge in [0.2, 0.25) is 10.0 Å². The first-order valence-electron chi connectivity index (χ1n) is 6.47. The summed E-state index contributed by atoms with van der Waals surface area (Å²) in [5, 5.41) is 3.13. The molecular formula is C13H16N4O2S. The Balaban J connectivity index is 1.80. The Bertz CT molecular complexity index is 678. The summed E-state index contributed by atoms with van der Waals surface area (Å²) in [6.07, 6.45) is 5.13. The number of nitrogens with one attached hydrogen (secondary N) is 3. The van der Waals surface area contributed by atoms with Crippen LogP contribution < -0.4 is 10.0 Å². The zero-order chi connectivity index (χ0) is 14.0. The highest BCUT2D eigenvalue weighted by Gasteiger charge is 2.29. The number of hydrogen-bond acceptors (Lipinski definition) is 4. The minimum Gasteiger partial charge on any atom is -0.378 e. The quantitative estimate of drug-likeness (QED) is 0.752. The third kappa shape index (κ3) is 3.00. The standard InChI is InChI=1S/C13H16N4O2S/c18-20(19,17-10-5-6-10)13-4-2-1-3-12(13)15-8-11-7-14-9-16-11/h1-4,7,9-10,15,17H,5-6,8H2,(H,14,16). The minimum atomic E-state index is -3.46. The first-order chi connectivity index (χ1) is 9.65. The number of H-pyrrole nitrogens is 1. The molecule has 0 atom stereocenters. The van der Waals surface area contributed by atoms with Crippen molar-refractivity contribution in [3.63, 3.8) is 0 Å². The second kappa shape index (κ2) is 5.26. The molecule has 3 N–H and O–H groups in total. The lowest BCUT2D eigenvalue weighted by Gasteiger charge is -2.12. The number of benzene rings is 1. The maximum absolute atomic E-state index is 12.3. The number of nitrogens with zero attached hydrogens (tertiary/aromatic N) is 1. The van der Waals surface area contributed by atoms with Gasteiger partial charge in [-0.15, -0.1) is 0 Å². The summed E-state index contributed by atoms with van der Waals surface area (Å²) in [6, 6.07) is 7.01. The molecule has 0 unspecified atom stereocenters. The van der Waals surface area contributed by atoms with Crippen LogP contribution >= 0.6 is 0 Å². The average molecular weight is 292 g/mol. The van der Waals surface area contributed by atoms with Gasteiger partial charge in [0.25, 0.3) is 0 Å². The van der Waals surface area contributed by atoms with Gasteiger partial charge in [0.05, 0.1) is 24.3 Å². The van der Waals surface area contributed by atoms with E-state index in [1.165, 1.54) is 0 Å². The SMILES string of the molecule is O=S(=O)(NC1CC1)c1ccccc1NCc1cnc[nH]1. The van der Waals surface area contributed by atoms with Crippen LogP contribution in [0.25, 0.3) is 0 Å². The van der Waals surface area contributed by atoms with E-state index in [9.17, 15) is 8.42 Å². The van der Waals surface area contributed by atoms with Crippen molar-refractivity contribution < 1.29 is 8.42 Å². The molecule has 0 aliphatic heterocycles. The number of aromatic nitrogens is 2. The van der Waals surface area contributed by atoms with E-state index < -0.39 is 10.0 Å². The summed E-state index contributed by atoms with van der Waals surface area (Å²) < 4.78 is 27.3. The summed E-state index contributed by atoms with van der Waals surface area (Å²) in [5.74, 6) is 0. The molecule has 3 rings (SSSR count). The Hall–Kier alpha value is -1.86. The molecule has 1 saturated carbocycles. The molecule has 7 heteroatoms. The van der Waals surface area contributed by atoms with Crippen LogP contribution in [0.1, 0.15) is 18.5 Å². The van der Waals surface area contributed by atoms with E-state index in [0.29, 0.717) is 12.2 Å². The monoisotopic (exact) mass is 292 g/mol. The van der Waals surface area contributed by atoms with Crippen molar-refractivity contribution >= 4 is 15.7 Å². The fourth-order valence-corrected chi connectivity index (χ4v) is 3.39. The van der Waals surface area contributed by atoms with Crippen LogP contribution in [-0.4, -0.2) is 24.4 Å². The van der Waals surface area contributed by atoms with Crippen LogP contribution in [0.3, 0.4) is 0 Å². The molecule has 1 heterocycles. The number of para-hydroxylation sites is 1. The van der Waals surface area contributed by atoms with Crippen LogP contribution in [-0.2, 0) is 16.6 Å². The van der Waals surface area contributed by atoms with Gasteiger partial charge in [0.15, 0.2) is 0 Å². The molecule has 1 aliphatic rings. The van der Waals surface area contributed by atoms with E-state index in [-0.39, 0.29) is 10.9 Å². The van der Waals surface area contributed by atoms with Gasteiger partial charge in [0.1, 0.15) is 4.90 Å². The summed E-state index contributed by atoms with van der Waals surface area (Å²) >= 11 is 0. The van der Waals surface area contributed by atoms with E-state index in [0.717, 1.165) is 18.5 Å². The van der Waals surface area contributed by atoms with Crippen molar-refractivity contribution in [3.05, 3.63) is 42.5 Å². The minimum absolute atomic E-state index is 0.0978. The topological polar surface area (TPSA) is 86.9 Å². The van der Waals surface area contributed by atoms with Crippen LogP contribution in [0.2, 0.25) is 0 Å². The van der Waals surface area contributed by atoms with Gasteiger partial charge in [-0.2, -0.15) is 0 Å².